The normalized spacial score (nSPS) is 14.1. The van der Waals surface area contributed by atoms with Crippen molar-refractivity contribution < 1.29 is 9.59 Å². The molecule has 0 aliphatic carbocycles. The second kappa shape index (κ2) is 7.64. The summed E-state index contributed by atoms with van der Waals surface area (Å²) in [5.41, 5.74) is 7.31. The average Bonchev–Trinajstić information content (AvgIpc) is 3.12. The molecule has 0 aliphatic rings. The number of para-hydroxylation sites is 2. The number of carbonyl (C=O) groups is 2. The van der Waals surface area contributed by atoms with Crippen LogP contribution in [0.15, 0.2) is 24.3 Å². The molecule has 1 amide bonds. The molecular weight excluding hydrogens is 362 g/mol. The Kier molecular flexibility index (Phi) is 5.46. The smallest absolute Gasteiger partial charge is 0.228 e. The first kappa shape index (κ1) is 19.3. The number of nitrogens with one attached hydrogen (secondary N) is 1. The monoisotopic (exact) mass is 387 g/mol. The van der Waals surface area contributed by atoms with Crippen LogP contribution in [0.3, 0.4) is 0 Å². The number of fused-ring (bicyclic) bond motifs is 3. The fourth-order valence-corrected chi connectivity index (χ4v) is 4.08. The summed E-state index contributed by atoms with van der Waals surface area (Å²) < 4.78 is 6.36. The second-order valence-corrected chi connectivity index (χ2v) is 8.31. The summed E-state index contributed by atoms with van der Waals surface area (Å²) in [7, 11) is 0. The maximum Gasteiger partial charge on any atom is 0.228 e. The fraction of sp³-hybridized carbons (Fsp3) is 0.474. The lowest BCUT2D eigenvalue weighted by Gasteiger charge is -2.25. The lowest BCUT2D eigenvalue weighted by atomic mass is 9.85. The number of hydrogen-bond acceptors (Lipinski definition) is 6. The van der Waals surface area contributed by atoms with Crippen molar-refractivity contribution in [3.05, 3.63) is 24.3 Å². The SMILES string of the molecule is CC(C)C[C@H](Nc1nsc2nc3ccccc3n12)C(=O)C(C(N)=O)C(C)C. The minimum absolute atomic E-state index is 0.156. The number of rotatable bonds is 8. The number of imidazole rings is 1. The van der Waals surface area contributed by atoms with E-state index >= 15 is 0 Å². The van der Waals surface area contributed by atoms with Gasteiger partial charge in [-0.1, -0.05) is 39.8 Å². The highest BCUT2D eigenvalue weighted by Crippen LogP contribution is 2.26. The summed E-state index contributed by atoms with van der Waals surface area (Å²) >= 11 is 1.27. The molecule has 3 rings (SSSR count). The van der Waals surface area contributed by atoms with Gasteiger partial charge in [0.1, 0.15) is 5.92 Å². The van der Waals surface area contributed by atoms with E-state index in [1.54, 1.807) is 0 Å². The van der Waals surface area contributed by atoms with Crippen LogP contribution in [0.2, 0.25) is 0 Å². The lowest BCUT2D eigenvalue weighted by Crippen LogP contribution is -2.44. The Hall–Kier alpha value is -2.48. The van der Waals surface area contributed by atoms with E-state index in [0.29, 0.717) is 12.4 Å². The molecule has 0 saturated heterocycles. The number of amides is 1. The van der Waals surface area contributed by atoms with E-state index in [0.717, 1.165) is 16.0 Å². The Morgan fingerprint density at radius 3 is 2.56 bits per heavy atom. The quantitative estimate of drug-likeness (QED) is 0.578. The first-order valence-electron chi connectivity index (χ1n) is 9.12. The second-order valence-electron chi connectivity index (χ2n) is 7.58. The largest absolute Gasteiger partial charge is 0.369 e. The van der Waals surface area contributed by atoms with Crippen LogP contribution in [0.4, 0.5) is 5.95 Å². The van der Waals surface area contributed by atoms with E-state index in [1.807, 2.05) is 56.4 Å². The molecule has 0 radical (unpaired) electrons. The number of nitrogens with zero attached hydrogens (tertiary/aromatic N) is 3. The number of carbonyl (C=O) groups excluding carboxylic acids is 2. The molecule has 3 aromatic rings. The molecule has 2 heterocycles. The van der Waals surface area contributed by atoms with E-state index in [1.165, 1.54) is 11.5 Å². The molecule has 0 saturated carbocycles. The van der Waals surface area contributed by atoms with Crippen molar-refractivity contribution in [3.63, 3.8) is 0 Å². The topological polar surface area (TPSA) is 102 Å². The number of aromatic nitrogens is 3. The first-order valence-corrected chi connectivity index (χ1v) is 9.89. The van der Waals surface area contributed by atoms with Gasteiger partial charge in [-0.25, -0.2) is 4.98 Å². The third kappa shape index (κ3) is 3.80. The highest BCUT2D eigenvalue weighted by atomic mass is 32.1. The van der Waals surface area contributed by atoms with Crippen molar-refractivity contribution in [3.8, 4) is 0 Å². The lowest BCUT2D eigenvalue weighted by molar-refractivity contribution is -0.134. The van der Waals surface area contributed by atoms with Crippen LogP contribution in [-0.4, -0.2) is 31.5 Å². The molecule has 0 aliphatic heterocycles. The first-order chi connectivity index (χ1) is 12.8. The molecule has 2 aromatic heterocycles. The van der Waals surface area contributed by atoms with Gasteiger partial charge in [-0.05, 0) is 30.4 Å². The Balaban J connectivity index is 1.99. The zero-order valence-electron chi connectivity index (χ0n) is 16.0. The van der Waals surface area contributed by atoms with Gasteiger partial charge in [0, 0.05) is 11.5 Å². The minimum atomic E-state index is -0.824. The number of benzene rings is 1. The van der Waals surface area contributed by atoms with E-state index in [4.69, 9.17) is 5.73 Å². The van der Waals surface area contributed by atoms with E-state index in [-0.39, 0.29) is 17.6 Å². The number of nitrogens with two attached hydrogens (primary N) is 1. The van der Waals surface area contributed by atoms with Crippen molar-refractivity contribution in [1.82, 2.24) is 13.8 Å². The van der Waals surface area contributed by atoms with E-state index in [9.17, 15) is 9.59 Å². The van der Waals surface area contributed by atoms with Crippen molar-refractivity contribution in [2.24, 2.45) is 23.5 Å². The molecule has 3 N–H and O–H groups in total. The molecule has 1 unspecified atom stereocenters. The average molecular weight is 388 g/mol. The van der Waals surface area contributed by atoms with Crippen LogP contribution in [-0.2, 0) is 9.59 Å². The minimum Gasteiger partial charge on any atom is -0.369 e. The van der Waals surface area contributed by atoms with Gasteiger partial charge >= 0.3 is 0 Å². The summed E-state index contributed by atoms with van der Waals surface area (Å²) in [5.74, 6) is -0.916. The van der Waals surface area contributed by atoms with Gasteiger partial charge in [-0.3, -0.25) is 14.0 Å². The molecule has 144 valence electrons. The zero-order chi connectivity index (χ0) is 19.7. The van der Waals surface area contributed by atoms with E-state index in [2.05, 4.69) is 14.7 Å². The molecular formula is C19H25N5O2S. The molecule has 2 atom stereocenters. The van der Waals surface area contributed by atoms with Crippen LogP contribution >= 0.6 is 11.5 Å². The van der Waals surface area contributed by atoms with Gasteiger partial charge < -0.3 is 11.1 Å². The van der Waals surface area contributed by atoms with Crippen molar-refractivity contribution in [1.29, 1.82) is 0 Å². The molecule has 0 fully saturated rings. The van der Waals surface area contributed by atoms with Crippen LogP contribution in [0.1, 0.15) is 34.1 Å². The van der Waals surface area contributed by atoms with Crippen molar-refractivity contribution in [2.45, 2.75) is 40.2 Å². The summed E-state index contributed by atoms with van der Waals surface area (Å²) in [4.78, 5) is 30.3. The van der Waals surface area contributed by atoms with Gasteiger partial charge in [-0.2, -0.15) is 4.37 Å². The van der Waals surface area contributed by atoms with Crippen molar-refractivity contribution in [2.75, 3.05) is 5.32 Å². The Morgan fingerprint density at radius 2 is 1.93 bits per heavy atom. The summed E-state index contributed by atoms with van der Waals surface area (Å²) in [6.45, 7) is 7.76. The predicted molar refractivity (Wildman–Crippen MR) is 108 cm³/mol. The molecule has 0 bridgehead atoms. The maximum atomic E-state index is 13.1. The molecule has 27 heavy (non-hydrogen) atoms. The highest BCUT2D eigenvalue weighted by molar-refractivity contribution is 7.11. The zero-order valence-corrected chi connectivity index (χ0v) is 16.8. The Bertz CT molecular complexity index is 975. The molecule has 0 spiro atoms. The van der Waals surface area contributed by atoms with Crippen molar-refractivity contribution >= 4 is 45.2 Å². The molecule has 1 aromatic carbocycles. The molecule has 7 nitrogen and oxygen atoms in total. The van der Waals surface area contributed by atoms with Crippen LogP contribution in [0.25, 0.3) is 16.0 Å². The fourth-order valence-electron chi connectivity index (χ4n) is 3.37. The highest BCUT2D eigenvalue weighted by Gasteiger charge is 2.34. The van der Waals surface area contributed by atoms with Crippen LogP contribution in [0, 0.1) is 17.8 Å². The standard InChI is InChI=1S/C19H25N5O2S/c1-10(2)9-13(16(25)15(11(3)4)17(20)26)21-18-23-27-19-22-12-7-5-6-8-14(12)24(18)19/h5-8,10-11,13,15H,9H2,1-4H3,(H2,20,26)(H,21,23)/t13-,15?/m0/s1. The number of Topliss-reactive ketones (excluding diaryl/α,β-unsaturated/α-hetero) is 1. The Morgan fingerprint density at radius 1 is 1.22 bits per heavy atom. The van der Waals surface area contributed by atoms with Gasteiger partial charge in [-0.15, -0.1) is 0 Å². The number of ketones is 1. The summed E-state index contributed by atoms with van der Waals surface area (Å²) in [5, 5.41) is 3.27. The summed E-state index contributed by atoms with van der Waals surface area (Å²) in [6, 6.07) is 7.24. The number of primary amides is 1. The van der Waals surface area contributed by atoms with Crippen LogP contribution < -0.4 is 11.1 Å². The summed E-state index contributed by atoms with van der Waals surface area (Å²) in [6.07, 6.45) is 0.584. The van der Waals surface area contributed by atoms with Gasteiger partial charge in [0.15, 0.2) is 5.78 Å². The van der Waals surface area contributed by atoms with Crippen LogP contribution in [0.5, 0.6) is 0 Å². The predicted octanol–water partition coefficient (Wildman–Crippen LogP) is 3.10. The van der Waals surface area contributed by atoms with Gasteiger partial charge in [0.05, 0.1) is 17.1 Å². The Labute approximate surface area is 162 Å². The number of hydrogen-bond donors (Lipinski definition) is 2. The van der Waals surface area contributed by atoms with E-state index < -0.39 is 17.9 Å². The maximum absolute atomic E-state index is 13.1. The molecule has 8 heteroatoms. The third-order valence-corrected chi connectivity index (χ3v) is 5.29. The number of anilines is 1. The van der Waals surface area contributed by atoms with Gasteiger partial charge in [0.2, 0.25) is 16.8 Å². The van der Waals surface area contributed by atoms with Gasteiger partial charge in [0.25, 0.3) is 0 Å². The third-order valence-electron chi connectivity index (χ3n) is 4.59.